The minimum absolute atomic E-state index is 0.246. The molecule has 0 bridgehead atoms. The number of halogens is 1. The van der Waals surface area contributed by atoms with Crippen molar-refractivity contribution >= 4 is 7.32 Å². The van der Waals surface area contributed by atoms with Crippen LogP contribution in [-0.2, 0) is 6.41 Å². The van der Waals surface area contributed by atoms with E-state index < -0.39 is 27.6 Å². The van der Waals surface area contributed by atoms with E-state index >= 15 is 0 Å². The maximum absolute atomic E-state index is 9.32. The van der Waals surface area contributed by atoms with E-state index in [1.54, 1.807) is 0 Å². The van der Waals surface area contributed by atoms with Crippen molar-refractivity contribution in [2.45, 2.75) is 24.2 Å². The van der Waals surface area contributed by atoms with Gasteiger partial charge < -0.3 is 10.0 Å². The minimum Gasteiger partial charge on any atom is -0.399 e. The first kappa shape index (κ1) is 16.5. The van der Waals surface area contributed by atoms with E-state index in [1.165, 1.54) is 5.56 Å². The number of hydrogen-bond donors (Lipinski definition) is 2. The number of benzene rings is 2. The van der Waals surface area contributed by atoms with Crippen LogP contribution in [0.5, 0.6) is 0 Å². The molecule has 0 aliphatic rings. The fourth-order valence-electron chi connectivity index (χ4n) is 2.10. The van der Waals surface area contributed by atoms with Gasteiger partial charge in [0.05, 0.1) is 0 Å². The van der Waals surface area contributed by atoms with Gasteiger partial charge in [0.25, 0.3) is 20.2 Å². The quantitative estimate of drug-likeness (QED) is 0.411. The standard InChI is InChI=1S/C16H20BIO3/c1-13-9-11-15(12-10-13)18(21-17(19)20)16(2,3)14-7-5-4-6-8-14/h4-12,19-20H,1-3H3/q+1. The summed E-state index contributed by atoms with van der Waals surface area (Å²) in [6.07, 6.45) is 0. The van der Waals surface area contributed by atoms with E-state index in [1.807, 2.05) is 49.4 Å². The van der Waals surface area contributed by atoms with Crippen LogP contribution in [0.1, 0.15) is 25.0 Å². The summed E-state index contributed by atoms with van der Waals surface area (Å²) in [5.41, 5.74) is 2.33. The Balaban J connectivity index is 2.42. The molecule has 0 aliphatic carbocycles. The second kappa shape index (κ2) is 6.92. The molecule has 3 nitrogen and oxygen atoms in total. The third kappa shape index (κ3) is 4.06. The van der Waals surface area contributed by atoms with Gasteiger partial charge in [-0.15, -0.1) is 0 Å². The highest BCUT2D eigenvalue weighted by atomic mass is 127. The Morgan fingerprint density at radius 3 is 2.05 bits per heavy atom. The summed E-state index contributed by atoms with van der Waals surface area (Å²) in [4.78, 5) is 0. The van der Waals surface area contributed by atoms with Gasteiger partial charge in [-0.25, -0.2) is 0 Å². The van der Waals surface area contributed by atoms with Gasteiger partial charge in [0.15, 0.2) is 6.99 Å². The van der Waals surface area contributed by atoms with E-state index in [2.05, 4.69) is 26.0 Å². The van der Waals surface area contributed by atoms with Gasteiger partial charge in [0, 0.05) is 5.56 Å². The van der Waals surface area contributed by atoms with Crippen LogP contribution in [0.15, 0.2) is 54.6 Å². The number of rotatable bonds is 5. The Morgan fingerprint density at radius 2 is 1.52 bits per heavy atom. The largest absolute Gasteiger partial charge is 0.678 e. The number of hydrogen-bond acceptors (Lipinski definition) is 3. The first-order valence-corrected chi connectivity index (χ1v) is 9.80. The predicted molar refractivity (Wildman–Crippen MR) is 80.6 cm³/mol. The van der Waals surface area contributed by atoms with Crippen molar-refractivity contribution in [3.63, 3.8) is 0 Å². The second-order valence-electron chi connectivity index (χ2n) is 5.30. The Hall–Kier alpha value is -0.885. The van der Waals surface area contributed by atoms with E-state index in [0.29, 0.717) is 0 Å². The van der Waals surface area contributed by atoms with Crippen LogP contribution in [0.3, 0.4) is 0 Å². The van der Waals surface area contributed by atoms with Gasteiger partial charge in [0.1, 0.15) is 0 Å². The van der Waals surface area contributed by atoms with Crippen molar-refractivity contribution in [2.24, 2.45) is 0 Å². The molecule has 2 rings (SSSR count). The Kier molecular flexibility index (Phi) is 5.43. The highest BCUT2D eigenvalue weighted by Crippen LogP contribution is 2.13. The lowest BCUT2D eigenvalue weighted by Gasteiger charge is -2.23. The molecule has 2 aromatic carbocycles. The summed E-state index contributed by atoms with van der Waals surface area (Å²) in [5, 5.41) is 18.6. The summed E-state index contributed by atoms with van der Waals surface area (Å²) in [6, 6.07) is 18.2. The van der Waals surface area contributed by atoms with E-state index in [9.17, 15) is 10.0 Å². The molecule has 0 saturated heterocycles. The zero-order chi connectivity index (χ0) is 15.5. The molecule has 2 aromatic rings. The zero-order valence-corrected chi connectivity index (χ0v) is 14.6. The molecule has 0 aromatic heterocycles. The normalized spacial score (nSPS) is 11.7. The Bertz CT molecular complexity index is 570. The molecular formula is C16H20BIO3+. The van der Waals surface area contributed by atoms with Crippen molar-refractivity contribution < 1.29 is 33.3 Å². The van der Waals surface area contributed by atoms with E-state index in [0.717, 1.165) is 9.13 Å². The van der Waals surface area contributed by atoms with Gasteiger partial charge >= 0.3 is 7.32 Å². The van der Waals surface area contributed by atoms with Crippen LogP contribution in [0.2, 0.25) is 0 Å². The maximum Gasteiger partial charge on any atom is 0.678 e. The Morgan fingerprint density at radius 1 is 0.952 bits per heavy atom. The van der Waals surface area contributed by atoms with Crippen LogP contribution in [0, 0.1) is 10.5 Å². The second-order valence-corrected chi connectivity index (χ2v) is 11.2. The van der Waals surface area contributed by atoms with Gasteiger partial charge in [-0.2, -0.15) is 2.98 Å². The van der Waals surface area contributed by atoms with Crippen LogP contribution >= 0.6 is 0 Å². The lowest BCUT2D eigenvalue weighted by Crippen LogP contribution is -3.89. The topological polar surface area (TPSA) is 49.7 Å². The summed E-state index contributed by atoms with van der Waals surface area (Å²) in [7, 11) is -1.74. The van der Waals surface area contributed by atoms with Crippen LogP contribution in [-0.4, -0.2) is 17.4 Å². The average molecular weight is 398 g/mol. The molecule has 0 aliphatic heterocycles. The van der Waals surface area contributed by atoms with Crippen LogP contribution < -0.4 is 20.2 Å². The van der Waals surface area contributed by atoms with E-state index in [-0.39, 0.29) is 3.42 Å². The molecular weight excluding hydrogens is 378 g/mol. The smallest absolute Gasteiger partial charge is 0.399 e. The molecule has 0 saturated carbocycles. The van der Waals surface area contributed by atoms with Gasteiger partial charge in [-0.05, 0) is 32.9 Å². The van der Waals surface area contributed by atoms with Crippen LogP contribution in [0.25, 0.3) is 0 Å². The third-order valence-electron chi connectivity index (χ3n) is 3.27. The molecule has 1 radical (unpaired) electrons. The summed E-state index contributed by atoms with van der Waals surface area (Å²) < 4.78 is 6.39. The zero-order valence-electron chi connectivity index (χ0n) is 12.5. The number of aryl methyl sites for hydroxylation is 1. The van der Waals surface area contributed by atoms with Crippen molar-refractivity contribution in [3.05, 3.63) is 69.3 Å². The van der Waals surface area contributed by atoms with Crippen molar-refractivity contribution in [2.75, 3.05) is 0 Å². The van der Waals surface area contributed by atoms with Crippen molar-refractivity contribution in [3.8, 4) is 0 Å². The van der Waals surface area contributed by atoms with Crippen molar-refractivity contribution in [1.29, 1.82) is 0 Å². The summed E-state index contributed by atoms with van der Waals surface area (Å²) in [5.74, 6) is 0. The molecule has 0 atom stereocenters. The molecule has 0 spiro atoms. The molecule has 0 amide bonds. The fourth-order valence-corrected chi connectivity index (χ4v) is 6.98. The van der Waals surface area contributed by atoms with Crippen LogP contribution in [0.4, 0.5) is 0 Å². The van der Waals surface area contributed by atoms with Gasteiger partial charge in [0.2, 0.25) is 0 Å². The maximum atomic E-state index is 9.32. The van der Waals surface area contributed by atoms with Crippen molar-refractivity contribution in [1.82, 2.24) is 0 Å². The lowest BCUT2D eigenvalue weighted by molar-refractivity contribution is -1.10. The summed E-state index contributed by atoms with van der Waals surface area (Å²) in [6.45, 7) is 6.25. The first-order chi connectivity index (χ1) is 9.91. The lowest BCUT2D eigenvalue weighted by atomic mass is 10.0. The SMILES string of the molecule is Cc1ccc([I+](OB(O)O)C(C)(C)c2ccccc2)cc1. The molecule has 2 N–H and O–H groups in total. The average Bonchev–Trinajstić information content (AvgIpc) is 2.46. The molecule has 0 heterocycles. The van der Waals surface area contributed by atoms with Gasteiger partial charge in [-0.3, -0.25) is 0 Å². The molecule has 21 heavy (non-hydrogen) atoms. The molecule has 5 heteroatoms. The fraction of sp³-hybridized carbons (Fsp3) is 0.250. The highest BCUT2D eigenvalue weighted by Gasteiger charge is 2.48. The minimum atomic E-state index is -2.32. The third-order valence-corrected chi connectivity index (χ3v) is 9.15. The molecule has 0 unspecified atom stereocenters. The van der Waals surface area contributed by atoms with Gasteiger partial charge in [-0.1, -0.05) is 48.0 Å². The Labute approximate surface area is 134 Å². The predicted octanol–water partition coefficient (Wildman–Crippen LogP) is -0.374. The monoisotopic (exact) mass is 398 g/mol. The summed E-state index contributed by atoms with van der Waals surface area (Å²) >= 11 is -2.32. The highest BCUT2D eigenvalue weighted by molar-refractivity contribution is 6.32. The number of alkyl halides is 1. The molecule has 111 valence electrons. The van der Waals surface area contributed by atoms with E-state index in [4.69, 9.17) is 2.98 Å². The first-order valence-electron chi connectivity index (χ1n) is 6.77. The molecule has 0 fully saturated rings.